The van der Waals surface area contributed by atoms with Crippen molar-refractivity contribution in [3.63, 3.8) is 0 Å². The lowest BCUT2D eigenvalue weighted by Gasteiger charge is -2.27. The molecule has 0 unspecified atom stereocenters. The van der Waals surface area contributed by atoms with Crippen LogP contribution < -0.4 is 0 Å². The van der Waals surface area contributed by atoms with Gasteiger partial charge in [-0.15, -0.1) is 11.6 Å². The molecule has 11 heavy (non-hydrogen) atoms. The molecule has 0 atom stereocenters. The second-order valence-electron chi connectivity index (χ2n) is 3.40. The first kappa shape index (κ1) is 12.2. The SMILES string of the molecule is CC(C)(CCCl)CC(Cl)(Cl)Cl. The first-order valence-electron chi connectivity index (χ1n) is 3.39. The van der Waals surface area contributed by atoms with Gasteiger partial charge < -0.3 is 0 Å². The molecule has 0 aromatic heterocycles. The van der Waals surface area contributed by atoms with Gasteiger partial charge in [-0.1, -0.05) is 48.7 Å². The molecule has 0 saturated heterocycles. The van der Waals surface area contributed by atoms with E-state index in [9.17, 15) is 0 Å². The smallest absolute Gasteiger partial charge is 0.127 e. The van der Waals surface area contributed by atoms with E-state index in [2.05, 4.69) is 0 Å². The van der Waals surface area contributed by atoms with Crippen LogP contribution in [0, 0.1) is 5.41 Å². The Balaban J connectivity index is 3.91. The first-order chi connectivity index (χ1) is 4.77. The quantitative estimate of drug-likeness (QED) is 0.639. The highest BCUT2D eigenvalue weighted by Crippen LogP contribution is 2.40. The highest BCUT2D eigenvalue weighted by molar-refractivity contribution is 6.67. The van der Waals surface area contributed by atoms with Gasteiger partial charge in [0.1, 0.15) is 0 Å². The van der Waals surface area contributed by atoms with E-state index >= 15 is 0 Å². The average molecular weight is 238 g/mol. The van der Waals surface area contributed by atoms with Crippen LogP contribution in [0.5, 0.6) is 0 Å². The van der Waals surface area contributed by atoms with Crippen molar-refractivity contribution >= 4 is 46.4 Å². The van der Waals surface area contributed by atoms with Crippen LogP contribution in [0.25, 0.3) is 0 Å². The molecular weight excluding hydrogens is 226 g/mol. The van der Waals surface area contributed by atoms with E-state index in [0.29, 0.717) is 12.3 Å². The Kier molecular flexibility index (Phi) is 4.88. The Morgan fingerprint density at radius 1 is 1.09 bits per heavy atom. The van der Waals surface area contributed by atoms with Gasteiger partial charge in [0.05, 0.1) is 0 Å². The van der Waals surface area contributed by atoms with Crippen LogP contribution in [0.2, 0.25) is 0 Å². The minimum absolute atomic E-state index is 0.00694. The molecule has 0 aliphatic carbocycles. The van der Waals surface area contributed by atoms with Crippen molar-refractivity contribution in [3.8, 4) is 0 Å². The van der Waals surface area contributed by atoms with Gasteiger partial charge in [0.2, 0.25) is 0 Å². The van der Waals surface area contributed by atoms with Crippen molar-refractivity contribution in [1.82, 2.24) is 0 Å². The van der Waals surface area contributed by atoms with E-state index in [1.807, 2.05) is 13.8 Å². The van der Waals surface area contributed by atoms with Crippen LogP contribution in [-0.4, -0.2) is 9.67 Å². The Morgan fingerprint density at radius 3 is 1.82 bits per heavy atom. The van der Waals surface area contributed by atoms with Crippen LogP contribution in [-0.2, 0) is 0 Å². The molecule has 68 valence electrons. The number of hydrogen-bond acceptors (Lipinski definition) is 0. The van der Waals surface area contributed by atoms with Gasteiger partial charge in [0, 0.05) is 5.88 Å². The second kappa shape index (κ2) is 4.41. The van der Waals surface area contributed by atoms with Crippen LogP contribution >= 0.6 is 46.4 Å². The molecule has 0 amide bonds. The third kappa shape index (κ3) is 7.52. The van der Waals surface area contributed by atoms with Crippen molar-refractivity contribution in [2.45, 2.75) is 30.5 Å². The maximum Gasteiger partial charge on any atom is 0.191 e. The standard InChI is InChI=1S/C7H12Cl4/c1-6(2,3-4-8)5-7(9,10)11/h3-5H2,1-2H3. The topological polar surface area (TPSA) is 0 Å². The summed E-state index contributed by atoms with van der Waals surface area (Å²) >= 11 is 22.5. The summed E-state index contributed by atoms with van der Waals surface area (Å²) in [6.45, 7) is 4.08. The van der Waals surface area contributed by atoms with Crippen molar-refractivity contribution in [1.29, 1.82) is 0 Å². The third-order valence-electron chi connectivity index (χ3n) is 1.45. The van der Waals surface area contributed by atoms with Crippen LogP contribution in [0.15, 0.2) is 0 Å². The number of halogens is 4. The summed E-state index contributed by atoms with van der Waals surface area (Å²) in [5.41, 5.74) is 0.00694. The summed E-state index contributed by atoms with van der Waals surface area (Å²) in [6, 6.07) is 0. The molecule has 0 saturated carbocycles. The predicted molar refractivity (Wildman–Crippen MR) is 54.0 cm³/mol. The molecule has 0 heterocycles. The molecule has 0 aromatic carbocycles. The lowest BCUT2D eigenvalue weighted by molar-refractivity contribution is 0.328. The molecular formula is C7H12Cl4. The summed E-state index contributed by atoms with van der Waals surface area (Å²) in [5.74, 6) is 0.605. The predicted octanol–water partition coefficient (Wildman–Crippen LogP) is 4.40. The average Bonchev–Trinajstić information content (AvgIpc) is 1.55. The minimum atomic E-state index is -1.16. The van der Waals surface area contributed by atoms with Crippen LogP contribution in [0.4, 0.5) is 0 Å². The molecule has 4 heteroatoms. The molecule has 0 aliphatic heterocycles. The maximum absolute atomic E-state index is 5.64. The fourth-order valence-electron chi connectivity index (χ4n) is 0.887. The van der Waals surface area contributed by atoms with Gasteiger partial charge in [0.15, 0.2) is 3.79 Å². The van der Waals surface area contributed by atoms with Gasteiger partial charge in [-0.25, -0.2) is 0 Å². The number of hydrogen-bond donors (Lipinski definition) is 0. The van der Waals surface area contributed by atoms with Gasteiger partial charge in [-0.2, -0.15) is 0 Å². The molecule has 0 N–H and O–H groups in total. The summed E-state index contributed by atoms with van der Waals surface area (Å²) in [7, 11) is 0. The third-order valence-corrected chi connectivity index (χ3v) is 2.04. The maximum atomic E-state index is 5.64. The highest BCUT2D eigenvalue weighted by atomic mass is 35.6. The molecule has 0 aliphatic rings. The summed E-state index contributed by atoms with van der Waals surface area (Å²) in [4.78, 5) is 0. The van der Waals surface area contributed by atoms with Crippen molar-refractivity contribution in [3.05, 3.63) is 0 Å². The van der Waals surface area contributed by atoms with E-state index in [-0.39, 0.29) is 5.41 Å². The Labute approximate surface area is 88.1 Å². The zero-order valence-electron chi connectivity index (χ0n) is 6.63. The van der Waals surface area contributed by atoms with Crippen molar-refractivity contribution in [2.75, 3.05) is 5.88 Å². The van der Waals surface area contributed by atoms with E-state index in [1.54, 1.807) is 0 Å². The zero-order chi connectivity index (χ0) is 9.12. The monoisotopic (exact) mass is 236 g/mol. The van der Waals surface area contributed by atoms with E-state index in [0.717, 1.165) is 6.42 Å². The van der Waals surface area contributed by atoms with Gasteiger partial charge in [-0.3, -0.25) is 0 Å². The molecule has 0 radical (unpaired) electrons. The Morgan fingerprint density at radius 2 is 1.55 bits per heavy atom. The first-order valence-corrected chi connectivity index (χ1v) is 5.06. The fourth-order valence-corrected chi connectivity index (χ4v) is 2.48. The summed E-state index contributed by atoms with van der Waals surface area (Å²) in [6.07, 6.45) is 1.40. The second-order valence-corrected chi connectivity index (χ2v) is 6.29. The summed E-state index contributed by atoms with van der Waals surface area (Å²) in [5, 5.41) is 0. The Hall–Kier alpha value is 1.16. The normalized spacial score (nSPS) is 13.6. The van der Waals surface area contributed by atoms with E-state index in [1.165, 1.54) is 0 Å². The van der Waals surface area contributed by atoms with Crippen molar-refractivity contribution < 1.29 is 0 Å². The highest BCUT2D eigenvalue weighted by Gasteiger charge is 2.30. The van der Waals surface area contributed by atoms with E-state index in [4.69, 9.17) is 46.4 Å². The van der Waals surface area contributed by atoms with E-state index < -0.39 is 3.79 Å². The van der Waals surface area contributed by atoms with Gasteiger partial charge in [-0.05, 0) is 18.3 Å². The minimum Gasteiger partial charge on any atom is -0.127 e. The summed E-state index contributed by atoms with van der Waals surface area (Å²) < 4.78 is -1.16. The van der Waals surface area contributed by atoms with Crippen LogP contribution in [0.3, 0.4) is 0 Å². The largest absolute Gasteiger partial charge is 0.191 e. The molecule has 0 aromatic rings. The molecule has 0 spiro atoms. The number of alkyl halides is 4. The zero-order valence-corrected chi connectivity index (χ0v) is 9.66. The Bertz CT molecular complexity index is 114. The lowest BCUT2D eigenvalue weighted by atomic mass is 9.87. The van der Waals surface area contributed by atoms with Crippen LogP contribution in [0.1, 0.15) is 26.7 Å². The molecule has 0 nitrogen and oxygen atoms in total. The fraction of sp³-hybridized carbons (Fsp3) is 1.00. The lowest BCUT2D eigenvalue weighted by Crippen LogP contribution is -2.20. The molecule has 0 fully saturated rings. The van der Waals surface area contributed by atoms with Gasteiger partial charge in [0.25, 0.3) is 0 Å². The number of rotatable bonds is 3. The van der Waals surface area contributed by atoms with Gasteiger partial charge >= 0.3 is 0 Å². The van der Waals surface area contributed by atoms with Crippen molar-refractivity contribution in [2.24, 2.45) is 5.41 Å². The molecule has 0 bridgehead atoms. The molecule has 0 rings (SSSR count).